The molecule has 20 heavy (non-hydrogen) atoms. The maximum Gasteiger partial charge on any atom is 0.0809 e. The van der Waals surface area contributed by atoms with E-state index in [1.165, 1.54) is 0 Å². The summed E-state index contributed by atoms with van der Waals surface area (Å²) in [5.74, 6) is 0. The van der Waals surface area contributed by atoms with Gasteiger partial charge in [0.15, 0.2) is 0 Å². The molecule has 2 rings (SSSR count). The van der Waals surface area contributed by atoms with E-state index in [1.54, 1.807) is 6.07 Å². The van der Waals surface area contributed by atoms with Crippen LogP contribution in [0.15, 0.2) is 18.2 Å². The second kappa shape index (κ2) is 8.85. The molecule has 1 aliphatic rings. The largest absolute Gasteiger partial charge is 0.379 e. The van der Waals surface area contributed by atoms with Crippen LogP contribution in [0, 0.1) is 0 Å². The molecule has 1 saturated heterocycles. The number of ether oxygens (including phenoxy) is 2. The zero-order chi connectivity index (χ0) is 14.2. The van der Waals surface area contributed by atoms with Crippen molar-refractivity contribution in [1.29, 1.82) is 0 Å². The van der Waals surface area contributed by atoms with Crippen LogP contribution in [0.1, 0.15) is 24.8 Å². The number of rotatable bonds is 8. The van der Waals surface area contributed by atoms with Crippen molar-refractivity contribution in [2.75, 3.05) is 26.4 Å². The predicted octanol–water partition coefficient (Wildman–Crippen LogP) is 3.67. The third kappa shape index (κ3) is 5.58. The number of hydrogen-bond donors (Lipinski definition) is 1. The van der Waals surface area contributed by atoms with Gasteiger partial charge in [-0.2, -0.15) is 0 Å². The summed E-state index contributed by atoms with van der Waals surface area (Å²) in [6.07, 6.45) is 3.58. The van der Waals surface area contributed by atoms with Crippen molar-refractivity contribution in [3.63, 3.8) is 0 Å². The van der Waals surface area contributed by atoms with E-state index in [-0.39, 0.29) is 0 Å². The summed E-state index contributed by atoms with van der Waals surface area (Å²) in [4.78, 5) is 0. The van der Waals surface area contributed by atoms with E-state index >= 15 is 0 Å². The van der Waals surface area contributed by atoms with Crippen molar-refractivity contribution in [2.45, 2.75) is 31.9 Å². The number of nitrogens with one attached hydrogen (secondary N) is 1. The fraction of sp³-hybridized carbons (Fsp3) is 0.600. The molecule has 1 aromatic rings. The van der Waals surface area contributed by atoms with Gasteiger partial charge in [0, 0.05) is 29.8 Å². The number of halogens is 2. The highest BCUT2D eigenvalue weighted by molar-refractivity contribution is 6.33. The Morgan fingerprint density at radius 3 is 3.05 bits per heavy atom. The van der Waals surface area contributed by atoms with Crippen molar-refractivity contribution in [1.82, 2.24) is 5.32 Å². The first-order valence-corrected chi connectivity index (χ1v) is 7.85. The van der Waals surface area contributed by atoms with Gasteiger partial charge in [0.05, 0.1) is 12.7 Å². The van der Waals surface area contributed by atoms with Gasteiger partial charge in [0.25, 0.3) is 0 Å². The molecule has 1 N–H and O–H groups in total. The van der Waals surface area contributed by atoms with Crippen LogP contribution in [-0.4, -0.2) is 32.5 Å². The Morgan fingerprint density at radius 2 is 2.25 bits per heavy atom. The van der Waals surface area contributed by atoms with Gasteiger partial charge < -0.3 is 14.8 Å². The van der Waals surface area contributed by atoms with Crippen LogP contribution in [0.5, 0.6) is 0 Å². The molecule has 1 heterocycles. The van der Waals surface area contributed by atoms with Crippen LogP contribution in [0.3, 0.4) is 0 Å². The lowest BCUT2D eigenvalue weighted by Gasteiger charge is -2.10. The number of benzene rings is 1. The van der Waals surface area contributed by atoms with Gasteiger partial charge in [-0.05, 0) is 49.6 Å². The molecule has 1 aliphatic heterocycles. The topological polar surface area (TPSA) is 30.5 Å². The van der Waals surface area contributed by atoms with Crippen molar-refractivity contribution in [3.05, 3.63) is 33.8 Å². The molecule has 0 aromatic heterocycles. The molecule has 112 valence electrons. The Kier molecular flexibility index (Phi) is 7.11. The minimum atomic E-state index is 0.313. The second-order valence-electron chi connectivity index (χ2n) is 4.98. The average Bonchev–Trinajstić information content (AvgIpc) is 2.94. The van der Waals surface area contributed by atoms with Crippen molar-refractivity contribution < 1.29 is 9.47 Å². The lowest BCUT2D eigenvalue weighted by atomic mass is 10.2. The zero-order valence-corrected chi connectivity index (χ0v) is 13.1. The first-order valence-electron chi connectivity index (χ1n) is 7.09. The lowest BCUT2D eigenvalue weighted by Crippen LogP contribution is -2.19. The molecule has 0 radical (unpaired) electrons. The van der Waals surface area contributed by atoms with Crippen LogP contribution in [0.2, 0.25) is 10.0 Å². The Hall–Kier alpha value is -0.320. The van der Waals surface area contributed by atoms with E-state index in [2.05, 4.69) is 5.32 Å². The van der Waals surface area contributed by atoms with Crippen LogP contribution >= 0.6 is 23.2 Å². The molecule has 0 saturated carbocycles. The standard InChI is InChI=1S/C15H21Cl2NO2/c16-13-4-5-15(17)12(9-13)10-18-6-2-7-19-11-14-3-1-8-20-14/h4-5,9,14,18H,1-3,6-8,10-11H2. The van der Waals surface area contributed by atoms with E-state index in [1.807, 2.05) is 12.1 Å². The highest BCUT2D eigenvalue weighted by Gasteiger charge is 2.14. The monoisotopic (exact) mass is 317 g/mol. The minimum Gasteiger partial charge on any atom is -0.379 e. The highest BCUT2D eigenvalue weighted by Crippen LogP contribution is 2.20. The van der Waals surface area contributed by atoms with E-state index < -0.39 is 0 Å². The molecular weight excluding hydrogens is 297 g/mol. The predicted molar refractivity (Wildman–Crippen MR) is 82.6 cm³/mol. The maximum atomic E-state index is 6.09. The summed E-state index contributed by atoms with van der Waals surface area (Å²) in [6, 6.07) is 5.52. The molecule has 5 heteroatoms. The van der Waals surface area contributed by atoms with Gasteiger partial charge in [0.2, 0.25) is 0 Å². The SMILES string of the molecule is Clc1ccc(Cl)c(CNCCCOCC2CCCO2)c1. The molecule has 0 amide bonds. The molecule has 3 nitrogen and oxygen atoms in total. The fourth-order valence-electron chi connectivity index (χ4n) is 2.19. The van der Waals surface area contributed by atoms with Crippen LogP contribution in [0.4, 0.5) is 0 Å². The van der Waals surface area contributed by atoms with E-state index in [4.69, 9.17) is 32.7 Å². The van der Waals surface area contributed by atoms with Gasteiger partial charge >= 0.3 is 0 Å². The van der Waals surface area contributed by atoms with Gasteiger partial charge in [-0.1, -0.05) is 23.2 Å². The normalized spacial score (nSPS) is 18.6. The first-order chi connectivity index (χ1) is 9.75. The van der Waals surface area contributed by atoms with Gasteiger partial charge in [-0.3, -0.25) is 0 Å². The second-order valence-corrected chi connectivity index (χ2v) is 5.82. The molecule has 1 fully saturated rings. The Balaban J connectivity index is 1.51. The van der Waals surface area contributed by atoms with Gasteiger partial charge in [0.1, 0.15) is 0 Å². The minimum absolute atomic E-state index is 0.313. The van der Waals surface area contributed by atoms with E-state index in [0.717, 1.165) is 62.8 Å². The van der Waals surface area contributed by atoms with Gasteiger partial charge in [-0.25, -0.2) is 0 Å². The molecule has 1 unspecified atom stereocenters. The highest BCUT2D eigenvalue weighted by atomic mass is 35.5. The fourth-order valence-corrected chi connectivity index (χ4v) is 2.57. The number of hydrogen-bond acceptors (Lipinski definition) is 3. The summed E-state index contributed by atoms with van der Waals surface area (Å²) < 4.78 is 11.1. The Labute approximate surface area is 130 Å². The van der Waals surface area contributed by atoms with Crippen LogP contribution < -0.4 is 5.32 Å². The average molecular weight is 318 g/mol. The molecule has 0 spiro atoms. The van der Waals surface area contributed by atoms with Gasteiger partial charge in [-0.15, -0.1) is 0 Å². The summed E-state index contributed by atoms with van der Waals surface area (Å²) in [5, 5.41) is 4.80. The first kappa shape index (κ1) is 16.1. The zero-order valence-electron chi connectivity index (χ0n) is 11.5. The Bertz CT molecular complexity index is 409. The maximum absolute atomic E-state index is 6.09. The summed E-state index contributed by atoms with van der Waals surface area (Å²) >= 11 is 12.0. The molecule has 0 aliphatic carbocycles. The van der Waals surface area contributed by atoms with Crippen LogP contribution in [-0.2, 0) is 16.0 Å². The summed E-state index contributed by atoms with van der Waals surface area (Å²) in [6.45, 7) is 3.99. The smallest absolute Gasteiger partial charge is 0.0809 e. The molecule has 0 bridgehead atoms. The van der Waals surface area contributed by atoms with E-state index in [0.29, 0.717) is 11.1 Å². The van der Waals surface area contributed by atoms with Crippen LogP contribution in [0.25, 0.3) is 0 Å². The summed E-state index contributed by atoms with van der Waals surface area (Å²) in [5.41, 5.74) is 1.03. The van der Waals surface area contributed by atoms with E-state index in [9.17, 15) is 0 Å². The Morgan fingerprint density at radius 1 is 1.35 bits per heavy atom. The van der Waals surface area contributed by atoms with Crippen molar-refractivity contribution in [2.24, 2.45) is 0 Å². The molecule has 1 atom stereocenters. The summed E-state index contributed by atoms with van der Waals surface area (Å²) in [7, 11) is 0. The lowest BCUT2D eigenvalue weighted by molar-refractivity contribution is 0.0166. The third-order valence-corrected chi connectivity index (χ3v) is 3.90. The van der Waals surface area contributed by atoms with Crippen molar-refractivity contribution >= 4 is 23.2 Å². The third-order valence-electron chi connectivity index (χ3n) is 3.29. The van der Waals surface area contributed by atoms with Crippen molar-refractivity contribution in [3.8, 4) is 0 Å². The quantitative estimate of drug-likeness (QED) is 0.742. The molecule has 1 aromatic carbocycles. The molecular formula is C15H21Cl2NO2.